The molecule has 1 aromatic rings. The number of sulfone groups is 1. The Kier molecular flexibility index (Phi) is 3.63. The molecule has 2 aliphatic rings. The second-order valence-corrected chi connectivity index (χ2v) is 7.40. The largest absolute Gasteiger partial charge is 0.349 e. The number of nitrogens with one attached hydrogen (secondary N) is 2. The van der Waals surface area contributed by atoms with Crippen LogP contribution in [0.1, 0.15) is 12.8 Å². The van der Waals surface area contributed by atoms with Gasteiger partial charge in [0.2, 0.25) is 0 Å². The second kappa shape index (κ2) is 5.34. The molecule has 3 amide bonds. The van der Waals surface area contributed by atoms with Gasteiger partial charge in [0.25, 0.3) is 5.91 Å². The average Bonchev–Trinajstić information content (AvgIpc) is 2.53. The summed E-state index contributed by atoms with van der Waals surface area (Å²) in [6.45, 7) is 0. The molecule has 22 heavy (non-hydrogen) atoms. The summed E-state index contributed by atoms with van der Waals surface area (Å²) in [5.74, 6) is -1.40. The van der Waals surface area contributed by atoms with Crippen molar-refractivity contribution in [1.82, 2.24) is 15.7 Å². The van der Waals surface area contributed by atoms with E-state index in [-0.39, 0.29) is 22.8 Å². The molecule has 0 bridgehead atoms. The number of nitrogens with zero attached hydrogens (tertiary/aromatic N) is 1. The number of hydrogen-bond donors (Lipinski definition) is 3. The molecule has 118 valence electrons. The molecule has 2 aliphatic heterocycles. The summed E-state index contributed by atoms with van der Waals surface area (Å²) in [5, 5.41) is 13.6. The molecule has 3 unspecified atom stereocenters. The van der Waals surface area contributed by atoms with E-state index in [0.29, 0.717) is 0 Å². The third-order valence-electron chi connectivity index (χ3n) is 3.95. The van der Waals surface area contributed by atoms with Gasteiger partial charge in [0.1, 0.15) is 5.37 Å². The highest BCUT2D eigenvalue weighted by molar-refractivity contribution is 7.92. The second-order valence-electron chi connectivity index (χ2n) is 5.27. The van der Waals surface area contributed by atoms with Gasteiger partial charge in [0.15, 0.2) is 9.84 Å². The van der Waals surface area contributed by atoms with E-state index in [0.717, 1.165) is 0 Å². The lowest BCUT2D eigenvalue weighted by molar-refractivity contribution is -0.164. The van der Waals surface area contributed by atoms with Crippen molar-refractivity contribution >= 4 is 21.8 Å². The molecule has 9 heteroatoms. The van der Waals surface area contributed by atoms with Gasteiger partial charge in [-0.15, -0.1) is 5.06 Å². The molecule has 2 saturated heterocycles. The van der Waals surface area contributed by atoms with Gasteiger partial charge >= 0.3 is 6.03 Å². The Morgan fingerprint density at radius 2 is 1.82 bits per heavy atom. The summed E-state index contributed by atoms with van der Waals surface area (Å²) < 4.78 is 25.1. The van der Waals surface area contributed by atoms with E-state index in [4.69, 9.17) is 0 Å². The zero-order chi connectivity index (χ0) is 15.9. The molecule has 0 radical (unpaired) electrons. The van der Waals surface area contributed by atoms with Gasteiger partial charge in [0.05, 0.1) is 17.0 Å². The lowest BCUT2D eigenvalue weighted by Gasteiger charge is -2.40. The van der Waals surface area contributed by atoms with E-state index in [1.807, 2.05) is 0 Å². The van der Waals surface area contributed by atoms with Gasteiger partial charge < -0.3 is 5.32 Å². The number of urea groups is 1. The molecule has 8 nitrogen and oxygen atoms in total. The molecule has 0 aliphatic carbocycles. The summed E-state index contributed by atoms with van der Waals surface area (Å²) in [7, 11) is -3.61. The van der Waals surface area contributed by atoms with Crippen LogP contribution in [0.15, 0.2) is 35.2 Å². The highest BCUT2D eigenvalue weighted by Crippen LogP contribution is 2.28. The van der Waals surface area contributed by atoms with Crippen LogP contribution in [0.4, 0.5) is 4.79 Å². The van der Waals surface area contributed by atoms with Gasteiger partial charge in [0, 0.05) is 0 Å². The van der Waals surface area contributed by atoms with Gasteiger partial charge in [-0.3, -0.25) is 15.3 Å². The van der Waals surface area contributed by atoms with Crippen LogP contribution >= 0.6 is 0 Å². The molecule has 0 aromatic heterocycles. The molecule has 0 spiro atoms. The predicted molar refractivity (Wildman–Crippen MR) is 74.2 cm³/mol. The minimum Gasteiger partial charge on any atom is -0.320 e. The van der Waals surface area contributed by atoms with E-state index < -0.39 is 39.2 Å². The van der Waals surface area contributed by atoms with Crippen molar-refractivity contribution in [1.29, 1.82) is 0 Å². The normalized spacial score (nSPS) is 29.0. The maximum absolute atomic E-state index is 12.6. The zero-order valence-electron chi connectivity index (χ0n) is 11.5. The Labute approximate surface area is 127 Å². The van der Waals surface area contributed by atoms with Crippen LogP contribution in [0.3, 0.4) is 0 Å². The Bertz CT molecular complexity index is 706. The van der Waals surface area contributed by atoms with Crippen molar-refractivity contribution in [2.45, 2.75) is 29.3 Å². The lowest BCUT2D eigenvalue weighted by Crippen LogP contribution is -2.67. The number of imide groups is 1. The lowest BCUT2D eigenvalue weighted by atomic mass is 9.93. The van der Waals surface area contributed by atoms with E-state index in [2.05, 4.69) is 10.6 Å². The standard InChI is InChI=1S/C13H15N3O5S/c17-12-9-6-7-10(14-11(9)15-13(18)16(12)19)22(20,21)8-4-2-1-3-5-8/h1-5,9-11,14,19H,6-7H2,(H,15,18). The number of carbonyl (C=O) groups is 2. The highest BCUT2D eigenvalue weighted by Gasteiger charge is 2.46. The Morgan fingerprint density at radius 1 is 1.14 bits per heavy atom. The smallest absolute Gasteiger partial charge is 0.320 e. The van der Waals surface area contributed by atoms with Crippen molar-refractivity contribution in [2.24, 2.45) is 5.92 Å². The molecule has 0 saturated carbocycles. The third kappa shape index (κ3) is 2.36. The minimum absolute atomic E-state index is 0.0366. The fourth-order valence-corrected chi connectivity index (χ4v) is 4.41. The summed E-state index contributed by atoms with van der Waals surface area (Å²) in [6, 6.07) is 7.03. The number of fused-ring (bicyclic) bond motifs is 1. The number of piperidine rings is 1. The highest BCUT2D eigenvalue weighted by atomic mass is 32.2. The minimum atomic E-state index is -3.61. The van der Waals surface area contributed by atoms with Crippen LogP contribution in [0, 0.1) is 5.92 Å². The molecule has 3 N–H and O–H groups in total. The van der Waals surface area contributed by atoms with Crippen LogP contribution in [0.5, 0.6) is 0 Å². The summed E-state index contributed by atoms with van der Waals surface area (Å²) in [5.41, 5.74) is 0. The predicted octanol–water partition coefficient (Wildman–Crippen LogP) is 0.0531. The van der Waals surface area contributed by atoms with Crippen molar-refractivity contribution in [3.8, 4) is 0 Å². The van der Waals surface area contributed by atoms with Gasteiger partial charge in [-0.2, -0.15) is 0 Å². The van der Waals surface area contributed by atoms with E-state index in [1.165, 1.54) is 12.1 Å². The molecule has 2 heterocycles. The van der Waals surface area contributed by atoms with Crippen molar-refractivity contribution < 1.29 is 23.2 Å². The number of rotatable bonds is 2. The first-order chi connectivity index (χ1) is 10.4. The van der Waals surface area contributed by atoms with Crippen LogP contribution in [0.2, 0.25) is 0 Å². The van der Waals surface area contributed by atoms with Gasteiger partial charge in [-0.25, -0.2) is 13.2 Å². The number of benzene rings is 1. The first kappa shape index (κ1) is 14.9. The number of amides is 3. The van der Waals surface area contributed by atoms with Gasteiger partial charge in [-0.1, -0.05) is 18.2 Å². The third-order valence-corrected chi connectivity index (χ3v) is 6.00. The molecule has 1 aromatic carbocycles. The maximum Gasteiger partial charge on any atom is 0.349 e. The Balaban J connectivity index is 1.83. The van der Waals surface area contributed by atoms with E-state index in [9.17, 15) is 23.2 Å². The fourth-order valence-electron chi connectivity index (χ4n) is 2.78. The van der Waals surface area contributed by atoms with Crippen molar-refractivity contribution in [3.05, 3.63) is 30.3 Å². The SMILES string of the molecule is O=C1NC2NC(S(=O)(=O)c3ccccc3)CCC2C(=O)N1O. The number of hydrogen-bond acceptors (Lipinski definition) is 6. The molecule has 3 rings (SSSR count). The van der Waals surface area contributed by atoms with Crippen molar-refractivity contribution in [3.63, 3.8) is 0 Å². The molecular weight excluding hydrogens is 310 g/mol. The summed E-state index contributed by atoms with van der Waals surface area (Å²) in [6.07, 6.45) is -0.334. The van der Waals surface area contributed by atoms with Crippen LogP contribution in [0.25, 0.3) is 0 Å². The molecule has 2 fully saturated rings. The van der Waals surface area contributed by atoms with E-state index in [1.54, 1.807) is 18.2 Å². The Hall–Kier alpha value is -1.97. The van der Waals surface area contributed by atoms with Crippen LogP contribution < -0.4 is 10.6 Å². The zero-order valence-corrected chi connectivity index (χ0v) is 12.3. The van der Waals surface area contributed by atoms with E-state index >= 15 is 0 Å². The molecule has 3 atom stereocenters. The number of hydroxylamine groups is 2. The number of carbonyl (C=O) groups excluding carboxylic acids is 2. The van der Waals surface area contributed by atoms with Crippen LogP contribution in [-0.4, -0.2) is 42.2 Å². The molecular formula is C13H15N3O5S. The summed E-state index contributed by atoms with van der Waals surface area (Å²) in [4.78, 5) is 23.4. The topological polar surface area (TPSA) is 116 Å². The summed E-state index contributed by atoms with van der Waals surface area (Å²) >= 11 is 0. The van der Waals surface area contributed by atoms with Gasteiger partial charge in [-0.05, 0) is 25.0 Å². The fraction of sp³-hybridized carbons (Fsp3) is 0.385. The average molecular weight is 325 g/mol. The van der Waals surface area contributed by atoms with Crippen LogP contribution in [-0.2, 0) is 14.6 Å². The monoisotopic (exact) mass is 325 g/mol. The Morgan fingerprint density at radius 3 is 2.50 bits per heavy atom. The first-order valence-corrected chi connectivity index (χ1v) is 8.34. The maximum atomic E-state index is 12.6. The quantitative estimate of drug-likeness (QED) is 0.662. The van der Waals surface area contributed by atoms with Crippen molar-refractivity contribution in [2.75, 3.05) is 0 Å². The first-order valence-electron chi connectivity index (χ1n) is 6.79.